The second kappa shape index (κ2) is 7.59. The molecule has 0 bridgehead atoms. The van der Waals surface area contributed by atoms with Gasteiger partial charge in [-0.05, 0) is 30.3 Å². The molecule has 2 aromatic carbocycles. The molecular weight excluding hydrogens is 328 g/mol. The van der Waals surface area contributed by atoms with E-state index in [1.165, 1.54) is 11.1 Å². The van der Waals surface area contributed by atoms with E-state index in [9.17, 15) is 0 Å². The summed E-state index contributed by atoms with van der Waals surface area (Å²) in [5.41, 5.74) is 9.24. The minimum atomic E-state index is 0.565. The number of benzene rings is 2. The summed E-state index contributed by atoms with van der Waals surface area (Å²) in [4.78, 5) is 2.26. The van der Waals surface area contributed by atoms with Crippen LogP contribution < -0.4 is 10.5 Å². The fourth-order valence-corrected chi connectivity index (χ4v) is 2.87. The van der Waals surface area contributed by atoms with Crippen LogP contribution in [0, 0.1) is 0 Å². The molecule has 0 saturated heterocycles. The van der Waals surface area contributed by atoms with E-state index in [0.29, 0.717) is 6.54 Å². The van der Waals surface area contributed by atoms with Crippen molar-refractivity contribution in [3.8, 4) is 5.75 Å². The molecule has 0 heterocycles. The Hall–Kier alpha value is -1.36. The Morgan fingerprint density at radius 2 is 1.81 bits per heavy atom. The molecule has 21 heavy (non-hydrogen) atoms. The third-order valence-electron chi connectivity index (χ3n) is 3.43. The molecule has 0 spiro atoms. The number of hydrogen-bond donors (Lipinski definition) is 1. The number of ether oxygens (including phenoxy) is 1. The second-order valence-electron chi connectivity index (χ2n) is 5.11. The van der Waals surface area contributed by atoms with Crippen LogP contribution in [0.2, 0.25) is 0 Å². The van der Waals surface area contributed by atoms with Crippen molar-refractivity contribution in [3.05, 3.63) is 63.6 Å². The molecule has 2 rings (SSSR count). The monoisotopic (exact) mass is 348 g/mol. The van der Waals surface area contributed by atoms with E-state index < -0.39 is 0 Å². The predicted molar refractivity (Wildman–Crippen MR) is 90.2 cm³/mol. The third-order valence-corrected chi connectivity index (χ3v) is 4.16. The zero-order chi connectivity index (χ0) is 15.2. The highest BCUT2D eigenvalue weighted by Gasteiger charge is 2.08. The van der Waals surface area contributed by atoms with E-state index in [-0.39, 0.29) is 0 Å². The zero-order valence-electron chi connectivity index (χ0n) is 12.5. The fraction of sp³-hybridized carbons (Fsp3) is 0.294. The summed E-state index contributed by atoms with van der Waals surface area (Å²) in [6.07, 6.45) is 0. The summed E-state index contributed by atoms with van der Waals surface area (Å²) in [6.45, 7) is 2.27. The number of nitrogens with two attached hydrogens (primary N) is 1. The Morgan fingerprint density at radius 3 is 2.48 bits per heavy atom. The average Bonchev–Trinajstić information content (AvgIpc) is 2.49. The Kier molecular flexibility index (Phi) is 5.79. The maximum absolute atomic E-state index is 5.66. The van der Waals surface area contributed by atoms with E-state index in [0.717, 1.165) is 28.9 Å². The normalized spacial score (nSPS) is 10.9. The molecule has 0 saturated carbocycles. The van der Waals surface area contributed by atoms with E-state index >= 15 is 0 Å². The quantitative estimate of drug-likeness (QED) is 0.867. The molecule has 0 aliphatic carbocycles. The van der Waals surface area contributed by atoms with Crippen LogP contribution in [0.1, 0.15) is 16.7 Å². The van der Waals surface area contributed by atoms with Gasteiger partial charge in [-0.2, -0.15) is 0 Å². The Balaban J connectivity index is 2.06. The molecule has 0 aliphatic rings. The van der Waals surface area contributed by atoms with Gasteiger partial charge in [0.05, 0.1) is 7.11 Å². The summed E-state index contributed by atoms with van der Waals surface area (Å²) >= 11 is 3.62. The summed E-state index contributed by atoms with van der Waals surface area (Å²) < 4.78 is 6.51. The van der Waals surface area contributed by atoms with Crippen molar-refractivity contribution in [2.24, 2.45) is 5.73 Å². The zero-order valence-corrected chi connectivity index (χ0v) is 14.1. The summed E-state index contributed by atoms with van der Waals surface area (Å²) in [6, 6.07) is 14.4. The van der Waals surface area contributed by atoms with Crippen LogP contribution in [0.3, 0.4) is 0 Å². The Labute approximate surface area is 134 Å². The van der Waals surface area contributed by atoms with Crippen molar-refractivity contribution in [2.75, 3.05) is 14.2 Å². The largest absolute Gasteiger partial charge is 0.496 e. The molecule has 0 amide bonds. The van der Waals surface area contributed by atoms with Gasteiger partial charge in [0.25, 0.3) is 0 Å². The summed E-state index contributed by atoms with van der Waals surface area (Å²) in [5, 5.41) is 0. The molecule has 0 atom stereocenters. The lowest BCUT2D eigenvalue weighted by atomic mass is 10.1. The minimum absolute atomic E-state index is 0.565. The van der Waals surface area contributed by atoms with Gasteiger partial charge in [-0.25, -0.2) is 0 Å². The molecule has 112 valence electrons. The first-order chi connectivity index (χ1) is 10.1. The van der Waals surface area contributed by atoms with E-state index in [2.05, 4.69) is 52.1 Å². The van der Waals surface area contributed by atoms with E-state index in [1.807, 2.05) is 18.2 Å². The highest BCUT2D eigenvalue weighted by atomic mass is 79.9. The van der Waals surface area contributed by atoms with Crippen LogP contribution in [0.4, 0.5) is 0 Å². The van der Waals surface area contributed by atoms with Crippen molar-refractivity contribution < 1.29 is 4.74 Å². The van der Waals surface area contributed by atoms with Crippen molar-refractivity contribution in [1.82, 2.24) is 4.90 Å². The highest BCUT2D eigenvalue weighted by Crippen LogP contribution is 2.23. The standard InChI is InChI=1S/C17H21BrN2O/c1-20(12-15-5-3-4-6-17(15)21-2)11-14-8-7-13(10-19)9-16(14)18/h3-9H,10-12,19H2,1-2H3. The van der Waals surface area contributed by atoms with Gasteiger partial charge in [0.1, 0.15) is 5.75 Å². The fourth-order valence-electron chi connectivity index (χ4n) is 2.32. The van der Waals surface area contributed by atoms with E-state index in [4.69, 9.17) is 10.5 Å². The topological polar surface area (TPSA) is 38.5 Å². The second-order valence-corrected chi connectivity index (χ2v) is 5.97. The van der Waals surface area contributed by atoms with E-state index in [1.54, 1.807) is 7.11 Å². The first-order valence-corrected chi connectivity index (χ1v) is 7.71. The number of rotatable bonds is 6. The van der Waals surface area contributed by atoms with Crippen LogP contribution in [-0.2, 0) is 19.6 Å². The third kappa shape index (κ3) is 4.30. The maximum Gasteiger partial charge on any atom is 0.123 e. The highest BCUT2D eigenvalue weighted by molar-refractivity contribution is 9.10. The SMILES string of the molecule is COc1ccccc1CN(C)Cc1ccc(CN)cc1Br. The molecule has 0 radical (unpaired) electrons. The number of para-hydroxylation sites is 1. The van der Waals surface area contributed by atoms with Gasteiger partial charge in [0, 0.05) is 29.7 Å². The van der Waals surface area contributed by atoms with Gasteiger partial charge < -0.3 is 10.5 Å². The summed E-state index contributed by atoms with van der Waals surface area (Å²) in [7, 11) is 3.82. The lowest BCUT2D eigenvalue weighted by Gasteiger charge is -2.19. The molecule has 0 aliphatic heterocycles. The smallest absolute Gasteiger partial charge is 0.123 e. The average molecular weight is 349 g/mol. The lowest BCUT2D eigenvalue weighted by molar-refractivity contribution is 0.309. The maximum atomic E-state index is 5.66. The van der Waals surface area contributed by atoms with Crippen LogP contribution in [0.25, 0.3) is 0 Å². The van der Waals surface area contributed by atoms with Gasteiger partial charge in [-0.15, -0.1) is 0 Å². The first-order valence-electron chi connectivity index (χ1n) is 6.92. The first kappa shape index (κ1) is 16.0. The van der Waals surface area contributed by atoms with Crippen LogP contribution in [0.5, 0.6) is 5.75 Å². The lowest BCUT2D eigenvalue weighted by Crippen LogP contribution is -2.18. The Morgan fingerprint density at radius 1 is 1.10 bits per heavy atom. The van der Waals surface area contributed by atoms with Crippen LogP contribution >= 0.6 is 15.9 Å². The van der Waals surface area contributed by atoms with Gasteiger partial charge in [0.15, 0.2) is 0 Å². The van der Waals surface area contributed by atoms with Crippen molar-refractivity contribution in [2.45, 2.75) is 19.6 Å². The number of methoxy groups -OCH3 is 1. The molecular formula is C17H21BrN2O. The number of halogens is 1. The molecule has 2 N–H and O–H groups in total. The molecule has 0 unspecified atom stereocenters. The van der Waals surface area contributed by atoms with Gasteiger partial charge in [-0.3, -0.25) is 4.90 Å². The molecule has 3 nitrogen and oxygen atoms in total. The minimum Gasteiger partial charge on any atom is -0.496 e. The summed E-state index contributed by atoms with van der Waals surface area (Å²) in [5.74, 6) is 0.932. The van der Waals surface area contributed by atoms with Gasteiger partial charge in [0.2, 0.25) is 0 Å². The molecule has 4 heteroatoms. The predicted octanol–water partition coefficient (Wildman–Crippen LogP) is 3.55. The van der Waals surface area contributed by atoms with Crippen LogP contribution in [0.15, 0.2) is 46.9 Å². The van der Waals surface area contributed by atoms with Crippen LogP contribution in [-0.4, -0.2) is 19.1 Å². The Bertz CT molecular complexity index is 601. The van der Waals surface area contributed by atoms with Gasteiger partial charge >= 0.3 is 0 Å². The molecule has 2 aromatic rings. The molecule has 0 aromatic heterocycles. The molecule has 0 fully saturated rings. The van der Waals surface area contributed by atoms with Crippen molar-refractivity contribution >= 4 is 15.9 Å². The van der Waals surface area contributed by atoms with Crippen molar-refractivity contribution in [3.63, 3.8) is 0 Å². The number of nitrogens with zero attached hydrogens (tertiary/aromatic N) is 1. The van der Waals surface area contributed by atoms with Crippen molar-refractivity contribution in [1.29, 1.82) is 0 Å². The van der Waals surface area contributed by atoms with Gasteiger partial charge in [-0.1, -0.05) is 46.3 Å². The number of hydrogen-bond acceptors (Lipinski definition) is 3.